The van der Waals surface area contributed by atoms with Gasteiger partial charge in [0.25, 0.3) is 0 Å². The molecule has 0 fully saturated rings. The number of nitrogens with one attached hydrogen (secondary N) is 2. The number of thioether (sulfide) groups is 1. The van der Waals surface area contributed by atoms with Crippen LogP contribution in [0.3, 0.4) is 0 Å². The van der Waals surface area contributed by atoms with Crippen LogP contribution in [0.25, 0.3) is 0 Å². The van der Waals surface area contributed by atoms with Crippen LogP contribution in [-0.4, -0.2) is 24.1 Å². The molecule has 0 aliphatic carbocycles. The van der Waals surface area contributed by atoms with E-state index in [0.29, 0.717) is 12.2 Å². The molecule has 2 N–H and O–H groups in total. The molecule has 6 heteroatoms. The number of carbonyl (C=O) groups excluding carboxylic acids is 2. The Hall–Kier alpha value is -2.34. The molecule has 25 heavy (non-hydrogen) atoms. The van der Waals surface area contributed by atoms with Crippen molar-refractivity contribution in [3.05, 3.63) is 59.9 Å². The number of halogens is 1. The molecule has 0 heterocycles. The SMILES string of the molecule is CCc1ccccc1NC(=O)CNC(=O)CCSc1ccc(F)cc1. The third kappa shape index (κ3) is 6.58. The van der Waals surface area contributed by atoms with Crippen LogP contribution in [0.1, 0.15) is 18.9 Å². The van der Waals surface area contributed by atoms with Crippen LogP contribution < -0.4 is 10.6 Å². The number of benzene rings is 2. The van der Waals surface area contributed by atoms with Crippen molar-refractivity contribution in [1.82, 2.24) is 5.32 Å². The van der Waals surface area contributed by atoms with Crippen LogP contribution in [-0.2, 0) is 16.0 Å². The lowest BCUT2D eigenvalue weighted by Crippen LogP contribution is -2.33. The van der Waals surface area contributed by atoms with Gasteiger partial charge in [0.15, 0.2) is 0 Å². The summed E-state index contributed by atoms with van der Waals surface area (Å²) in [6.45, 7) is 1.96. The van der Waals surface area contributed by atoms with E-state index in [1.807, 2.05) is 31.2 Å². The number of rotatable bonds is 8. The first-order valence-electron chi connectivity index (χ1n) is 8.11. The van der Waals surface area contributed by atoms with Crippen LogP contribution in [0.4, 0.5) is 10.1 Å². The minimum absolute atomic E-state index is 0.0574. The Morgan fingerprint density at radius 1 is 1.04 bits per heavy atom. The van der Waals surface area contributed by atoms with E-state index in [2.05, 4.69) is 10.6 Å². The van der Waals surface area contributed by atoms with E-state index < -0.39 is 0 Å². The molecule has 2 aromatic rings. The smallest absolute Gasteiger partial charge is 0.243 e. The zero-order valence-electron chi connectivity index (χ0n) is 14.0. The lowest BCUT2D eigenvalue weighted by Gasteiger charge is -2.10. The number of carbonyl (C=O) groups is 2. The Labute approximate surface area is 151 Å². The predicted molar refractivity (Wildman–Crippen MR) is 99.2 cm³/mol. The van der Waals surface area contributed by atoms with Crippen LogP contribution in [0.5, 0.6) is 0 Å². The molecule has 2 amide bonds. The average molecular weight is 360 g/mol. The highest BCUT2D eigenvalue weighted by molar-refractivity contribution is 7.99. The van der Waals surface area contributed by atoms with Gasteiger partial charge in [0.2, 0.25) is 11.8 Å². The second-order valence-corrected chi connectivity index (χ2v) is 6.56. The maximum Gasteiger partial charge on any atom is 0.243 e. The van der Waals surface area contributed by atoms with Gasteiger partial charge in [-0.15, -0.1) is 11.8 Å². The lowest BCUT2D eigenvalue weighted by atomic mass is 10.1. The number of hydrogen-bond acceptors (Lipinski definition) is 3. The van der Waals surface area contributed by atoms with Crippen molar-refractivity contribution in [2.45, 2.75) is 24.7 Å². The summed E-state index contributed by atoms with van der Waals surface area (Å²) in [6, 6.07) is 13.7. The largest absolute Gasteiger partial charge is 0.347 e. The Balaban J connectivity index is 1.68. The zero-order chi connectivity index (χ0) is 18.1. The highest BCUT2D eigenvalue weighted by atomic mass is 32.2. The molecule has 2 aromatic carbocycles. The number of anilines is 1. The van der Waals surface area contributed by atoms with Gasteiger partial charge in [0.1, 0.15) is 5.82 Å². The van der Waals surface area contributed by atoms with Gasteiger partial charge in [-0.1, -0.05) is 25.1 Å². The fraction of sp³-hybridized carbons (Fsp3) is 0.263. The van der Waals surface area contributed by atoms with E-state index in [4.69, 9.17) is 0 Å². The molecule has 0 aliphatic heterocycles. The minimum atomic E-state index is -0.280. The summed E-state index contributed by atoms with van der Waals surface area (Å²) in [6.07, 6.45) is 1.12. The molecular formula is C19H21FN2O2S. The second kappa shape index (κ2) is 9.84. The Kier molecular flexibility index (Phi) is 7.47. The van der Waals surface area contributed by atoms with Gasteiger partial charge in [-0.3, -0.25) is 9.59 Å². The summed E-state index contributed by atoms with van der Waals surface area (Å²) < 4.78 is 12.8. The summed E-state index contributed by atoms with van der Waals surface area (Å²) in [5, 5.41) is 5.42. The summed E-state index contributed by atoms with van der Waals surface area (Å²) >= 11 is 1.47. The van der Waals surface area contributed by atoms with Crippen LogP contribution in [0.15, 0.2) is 53.4 Å². The van der Waals surface area contributed by atoms with Crippen molar-refractivity contribution in [2.24, 2.45) is 0 Å². The van der Waals surface area contributed by atoms with E-state index in [-0.39, 0.29) is 24.2 Å². The molecule has 0 bridgehead atoms. The van der Waals surface area contributed by atoms with Crippen LogP contribution >= 0.6 is 11.8 Å². The third-order valence-electron chi connectivity index (χ3n) is 3.53. The average Bonchev–Trinajstić information content (AvgIpc) is 2.62. The van der Waals surface area contributed by atoms with Gasteiger partial charge in [0.05, 0.1) is 6.54 Å². The van der Waals surface area contributed by atoms with Gasteiger partial charge in [-0.25, -0.2) is 4.39 Å². The first-order chi connectivity index (χ1) is 12.1. The van der Waals surface area contributed by atoms with Crippen molar-refractivity contribution in [3.63, 3.8) is 0 Å². The Bertz CT molecular complexity index is 720. The van der Waals surface area contributed by atoms with E-state index in [0.717, 1.165) is 22.6 Å². The summed E-state index contributed by atoms with van der Waals surface area (Å²) in [5.41, 5.74) is 1.83. The topological polar surface area (TPSA) is 58.2 Å². The highest BCUT2D eigenvalue weighted by Gasteiger charge is 2.08. The highest BCUT2D eigenvalue weighted by Crippen LogP contribution is 2.18. The molecule has 0 aliphatic rings. The molecule has 0 saturated carbocycles. The van der Waals surface area contributed by atoms with E-state index >= 15 is 0 Å². The first kappa shape index (κ1) is 19.0. The fourth-order valence-electron chi connectivity index (χ4n) is 2.20. The molecule has 2 rings (SSSR count). The van der Waals surface area contributed by atoms with Gasteiger partial charge in [-0.05, 0) is 42.3 Å². The monoisotopic (exact) mass is 360 g/mol. The number of hydrogen-bond donors (Lipinski definition) is 2. The quantitative estimate of drug-likeness (QED) is 0.707. The summed E-state index contributed by atoms with van der Waals surface area (Å²) in [4.78, 5) is 24.7. The number of aryl methyl sites for hydroxylation is 1. The van der Waals surface area contributed by atoms with E-state index in [1.54, 1.807) is 12.1 Å². The summed E-state index contributed by atoms with van der Waals surface area (Å²) in [5.74, 6) is -0.149. The second-order valence-electron chi connectivity index (χ2n) is 5.39. The van der Waals surface area contributed by atoms with E-state index in [1.165, 1.54) is 23.9 Å². The Morgan fingerprint density at radius 2 is 1.76 bits per heavy atom. The normalized spacial score (nSPS) is 10.3. The first-order valence-corrected chi connectivity index (χ1v) is 9.10. The number of amides is 2. The predicted octanol–water partition coefficient (Wildman–Crippen LogP) is 3.63. The molecule has 0 radical (unpaired) electrons. The number of para-hydroxylation sites is 1. The molecule has 0 atom stereocenters. The maximum atomic E-state index is 12.8. The summed E-state index contributed by atoms with van der Waals surface area (Å²) in [7, 11) is 0. The van der Waals surface area contributed by atoms with Gasteiger partial charge < -0.3 is 10.6 Å². The van der Waals surface area contributed by atoms with Gasteiger partial charge in [-0.2, -0.15) is 0 Å². The van der Waals surface area contributed by atoms with E-state index in [9.17, 15) is 14.0 Å². The molecule has 0 saturated heterocycles. The molecule has 4 nitrogen and oxygen atoms in total. The van der Waals surface area contributed by atoms with Crippen molar-refractivity contribution >= 4 is 29.3 Å². The van der Waals surface area contributed by atoms with Crippen molar-refractivity contribution in [1.29, 1.82) is 0 Å². The molecule has 0 spiro atoms. The Morgan fingerprint density at radius 3 is 2.48 bits per heavy atom. The van der Waals surface area contributed by atoms with Gasteiger partial charge >= 0.3 is 0 Å². The van der Waals surface area contributed by atoms with Crippen LogP contribution in [0.2, 0.25) is 0 Å². The minimum Gasteiger partial charge on any atom is -0.347 e. The lowest BCUT2D eigenvalue weighted by molar-refractivity contribution is -0.123. The van der Waals surface area contributed by atoms with Crippen molar-refractivity contribution in [3.8, 4) is 0 Å². The third-order valence-corrected chi connectivity index (χ3v) is 4.54. The van der Waals surface area contributed by atoms with Crippen LogP contribution in [0, 0.1) is 5.82 Å². The zero-order valence-corrected chi connectivity index (χ0v) is 14.9. The standard InChI is InChI=1S/C19H21FN2O2S/c1-2-14-5-3-4-6-17(14)22-19(24)13-21-18(23)11-12-25-16-9-7-15(20)8-10-16/h3-10H,2,11-13H2,1H3,(H,21,23)(H,22,24). The molecule has 0 aromatic heterocycles. The molecule has 132 valence electrons. The van der Waals surface area contributed by atoms with Gasteiger partial charge in [0, 0.05) is 22.8 Å². The van der Waals surface area contributed by atoms with Crippen molar-refractivity contribution in [2.75, 3.05) is 17.6 Å². The molecular weight excluding hydrogens is 339 g/mol. The maximum absolute atomic E-state index is 12.8. The fourth-order valence-corrected chi connectivity index (χ4v) is 3.06. The van der Waals surface area contributed by atoms with Crippen molar-refractivity contribution < 1.29 is 14.0 Å². The molecule has 0 unspecified atom stereocenters.